The highest BCUT2D eigenvalue weighted by molar-refractivity contribution is 5.96. The Morgan fingerprint density at radius 2 is 1.79 bits per heavy atom. The lowest BCUT2D eigenvalue weighted by atomic mass is 10.2. The number of ether oxygens (including phenoxy) is 1. The molecule has 0 saturated carbocycles. The molecule has 0 spiro atoms. The molecule has 1 aromatic heterocycles. The minimum atomic E-state index is -0.578. The van der Waals surface area contributed by atoms with Crippen LogP contribution in [0.2, 0.25) is 0 Å². The Balaban J connectivity index is 1.49. The number of benzene rings is 1. The summed E-state index contributed by atoms with van der Waals surface area (Å²) in [5, 5.41) is 11.9. The molecule has 1 saturated heterocycles. The summed E-state index contributed by atoms with van der Waals surface area (Å²) in [5.74, 6) is -0.165. The van der Waals surface area contributed by atoms with Crippen molar-refractivity contribution in [3.63, 3.8) is 0 Å². The fourth-order valence-corrected chi connectivity index (χ4v) is 2.91. The lowest BCUT2D eigenvalue weighted by molar-refractivity contribution is -0.134. The molecule has 1 aliphatic heterocycles. The van der Waals surface area contributed by atoms with Crippen molar-refractivity contribution in [2.75, 3.05) is 56.2 Å². The van der Waals surface area contributed by atoms with E-state index in [1.54, 1.807) is 47.6 Å². The monoisotopic (exact) mass is 385 g/mol. The SMILES string of the molecule is O=C(OCC(=O)N1CCN(c2ncccn2)CC1)c1ccccc1NCCO. The average molecular weight is 385 g/mol. The van der Waals surface area contributed by atoms with E-state index in [1.807, 2.05) is 4.90 Å². The van der Waals surface area contributed by atoms with E-state index in [0.717, 1.165) is 0 Å². The molecule has 1 amide bonds. The number of hydrogen-bond donors (Lipinski definition) is 2. The van der Waals surface area contributed by atoms with Crippen LogP contribution >= 0.6 is 0 Å². The highest BCUT2D eigenvalue weighted by Gasteiger charge is 2.23. The minimum Gasteiger partial charge on any atom is -0.452 e. The molecule has 148 valence electrons. The van der Waals surface area contributed by atoms with Crippen molar-refractivity contribution in [1.29, 1.82) is 0 Å². The third kappa shape index (κ3) is 4.95. The Kier molecular flexibility index (Phi) is 6.74. The maximum atomic E-state index is 12.4. The molecule has 2 heterocycles. The van der Waals surface area contributed by atoms with Crippen LogP contribution in [0.5, 0.6) is 0 Å². The quantitative estimate of drug-likeness (QED) is 0.659. The molecule has 0 radical (unpaired) electrons. The van der Waals surface area contributed by atoms with Gasteiger partial charge in [-0.15, -0.1) is 0 Å². The van der Waals surface area contributed by atoms with Crippen molar-refractivity contribution >= 4 is 23.5 Å². The normalized spacial score (nSPS) is 13.9. The van der Waals surface area contributed by atoms with Crippen LogP contribution in [0, 0.1) is 0 Å². The molecule has 0 atom stereocenters. The largest absolute Gasteiger partial charge is 0.452 e. The molecule has 3 rings (SSSR count). The van der Waals surface area contributed by atoms with E-state index in [-0.39, 0.29) is 19.1 Å². The van der Waals surface area contributed by atoms with Crippen molar-refractivity contribution < 1.29 is 19.4 Å². The van der Waals surface area contributed by atoms with Gasteiger partial charge in [0.05, 0.1) is 12.2 Å². The lowest BCUT2D eigenvalue weighted by Crippen LogP contribution is -2.50. The molecule has 28 heavy (non-hydrogen) atoms. The van der Waals surface area contributed by atoms with Crippen LogP contribution in [-0.2, 0) is 9.53 Å². The van der Waals surface area contributed by atoms with Crippen molar-refractivity contribution in [1.82, 2.24) is 14.9 Å². The molecule has 9 heteroatoms. The van der Waals surface area contributed by atoms with Gasteiger partial charge in [-0.2, -0.15) is 0 Å². The van der Waals surface area contributed by atoms with E-state index >= 15 is 0 Å². The first-order valence-electron chi connectivity index (χ1n) is 9.09. The van der Waals surface area contributed by atoms with Gasteiger partial charge in [0.25, 0.3) is 5.91 Å². The zero-order chi connectivity index (χ0) is 19.8. The molecule has 0 bridgehead atoms. The molecule has 1 aromatic carbocycles. The zero-order valence-electron chi connectivity index (χ0n) is 15.5. The van der Waals surface area contributed by atoms with Gasteiger partial charge in [0.15, 0.2) is 6.61 Å². The standard InChI is InChI=1S/C19H23N5O4/c25-13-8-20-16-5-2-1-4-15(16)18(27)28-14-17(26)23-9-11-24(12-10-23)19-21-6-3-7-22-19/h1-7,20,25H,8-14H2. The second kappa shape index (κ2) is 9.65. The van der Waals surface area contributed by atoms with E-state index in [0.29, 0.717) is 49.9 Å². The summed E-state index contributed by atoms with van der Waals surface area (Å²) in [6.07, 6.45) is 3.37. The van der Waals surface area contributed by atoms with E-state index in [9.17, 15) is 9.59 Å². The Morgan fingerprint density at radius 1 is 1.07 bits per heavy atom. The van der Waals surface area contributed by atoms with Crippen LogP contribution in [0.3, 0.4) is 0 Å². The Labute approximate surface area is 163 Å². The second-order valence-corrected chi connectivity index (χ2v) is 6.19. The van der Waals surface area contributed by atoms with Gasteiger partial charge in [0, 0.05) is 50.8 Å². The first kappa shape index (κ1) is 19.6. The predicted molar refractivity (Wildman–Crippen MR) is 103 cm³/mol. The molecule has 1 fully saturated rings. The fraction of sp³-hybridized carbons (Fsp3) is 0.368. The molecule has 0 unspecified atom stereocenters. The summed E-state index contributed by atoms with van der Waals surface area (Å²) in [5.41, 5.74) is 0.889. The van der Waals surface area contributed by atoms with Gasteiger partial charge < -0.3 is 25.0 Å². The number of aliphatic hydroxyl groups is 1. The van der Waals surface area contributed by atoms with Gasteiger partial charge >= 0.3 is 5.97 Å². The molecular formula is C19H23N5O4. The number of aromatic nitrogens is 2. The Morgan fingerprint density at radius 3 is 2.50 bits per heavy atom. The molecule has 0 aliphatic carbocycles. The number of para-hydroxylation sites is 1. The summed E-state index contributed by atoms with van der Waals surface area (Å²) in [6, 6.07) is 8.59. The number of carbonyl (C=O) groups is 2. The number of rotatable bonds is 7. The van der Waals surface area contributed by atoms with Crippen molar-refractivity contribution in [2.24, 2.45) is 0 Å². The van der Waals surface area contributed by atoms with Crippen molar-refractivity contribution in [3.8, 4) is 0 Å². The number of anilines is 2. The number of piperazine rings is 1. The number of nitrogens with one attached hydrogen (secondary N) is 1. The topological polar surface area (TPSA) is 108 Å². The van der Waals surface area contributed by atoms with Crippen molar-refractivity contribution in [2.45, 2.75) is 0 Å². The molecule has 1 aliphatic rings. The van der Waals surface area contributed by atoms with E-state index in [1.165, 1.54) is 0 Å². The summed E-state index contributed by atoms with van der Waals surface area (Å²) in [4.78, 5) is 36.8. The first-order chi connectivity index (χ1) is 13.7. The number of amides is 1. The number of nitrogens with zero attached hydrogens (tertiary/aromatic N) is 4. The van der Waals surface area contributed by atoms with Gasteiger partial charge in [-0.25, -0.2) is 14.8 Å². The summed E-state index contributed by atoms with van der Waals surface area (Å²) >= 11 is 0. The van der Waals surface area contributed by atoms with Crippen LogP contribution in [0.15, 0.2) is 42.7 Å². The van der Waals surface area contributed by atoms with E-state index in [4.69, 9.17) is 9.84 Å². The van der Waals surface area contributed by atoms with Gasteiger partial charge in [-0.1, -0.05) is 12.1 Å². The smallest absolute Gasteiger partial charge is 0.340 e. The molecule has 2 aromatic rings. The first-order valence-corrected chi connectivity index (χ1v) is 9.09. The molecule has 2 N–H and O–H groups in total. The summed E-state index contributed by atoms with van der Waals surface area (Å²) < 4.78 is 5.20. The third-order valence-corrected chi connectivity index (χ3v) is 4.37. The third-order valence-electron chi connectivity index (χ3n) is 4.37. The van der Waals surface area contributed by atoms with Crippen LogP contribution in [-0.4, -0.2) is 77.8 Å². The highest BCUT2D eigenvalue weighted by atomic mass is 16.5. The van der Waals surface area contributed by atoms with E-state index in [2.05, 4.69) is 15.3 Å². The summed E-state index contributed by atoms with van der Waals surface area (Å²) in [6.45, 7) is 2.23. The number of carbonyl (C=O) groups excluding carboxylic acids is 2. The fourth-order valence-electron chi connectivity index (χ4n) is 2.91. The van der Waals surface area contributed by atoms with Gasteiger partial charge in [-0.3, -0.25) is 4.79 Å². The van der Waals surface area contributed by atoms with Gasteiger partial charge in [0.1, 0.15) is 0 Å². The van der Waals surface area contributed by atoms with Crippen LogP contribution in [0.1, 0.15) is 10.4 Å². The van der Waals surface area contributed by atoms with Gasteiger partial charge in [0.2, 0.25) is 5.95 Å². The van der Waals surface area contributed by atoms with Crippen molar-refractivity contribution in [3.05, 3.63) is 48.3 Å². The average Bonchev–Trinajstić information content (AvgIpc) is 2.76. The van der Waals surface area contributed by atoms with E-state index < -0.39 is 5.97 Å². The second-order valence-electron chi connectivity index (χ2n) is 6.19. The van der Waals surface area contributed by atoms with Crippen LogP contribution in [0.25, 0.3) is 0 Å². The van der Waals surface area contributed by atoms with Gasteiger partial charge in [-0.05, 0) is 18.2 Å². The number of aliphatic hydroxyl groups excluding tert-OH is 1. The maximum absolute atomic E-state index is 12.4. The molecule has 9 nitrogen and oxygen atoms in total. The lowest BCUT2D eigenvalue weighted by Gasteiger charge is -2.34. The molecular weight excluding hydrogens is 362 g/mol. The number of esters is 1. The Bertz CT molecular complexity index is 794. The maximum Gasteiger partial charge on any atom is 0.340 e. The summed E-state index contributed by atoms with van der Waals surface area (Å²) in [7, 11) is 0. The Hall–Kier alpha value is -3.20. The predicted octanol–water partition coefficient (Wildman–Crippen LogP) is 0.386. The minimum absolute atomic E-state index is 0.0537. The number of hydrogen-bond acceptors (Lipinski definition) is 8. The van der Waals surface area contributed by atoms with Crippen LogP contribution in [0.4, 0.5) is 11.6 Å². The highest BCUT2D eigenvalue weighted by Crippen LogP contribution is 2.16. The zero-order valence-corrected chi connectivity index (χ0v) is 15.5. The van der Waals surface area contributed by atoms with Crippen LogP contribution < -0.4 is 10.2 Å².